The van der Waals surface area contributed by atoms with E-state index in [0.29, 0.717) is 51.0 Å². The summed E-state index contributed by atoms with van der Waals surface area (Å²) < 4.78 is 37.4. The zero-order valence-electron chi connectivity index (χ0n) is 47.3. The number of ether oxygens (including phenoxy) is 5. The van der Waals surface area contributed by atoms with Gasteiger partial charge in [0.2, 0.25) is 0 Å². The first-order valence-corrected chi connectivity index (χ1v) is 27.7. The average molecular weight is 1090 g/mol. The number of aliphatic hydroxyl groups excluding tert-OH is 2. The first-order chi connectivity index (χ1) is 37.8. The number of aromatic nitrogens is 9. The van der Waals surface area contributed by atoms with Crippen LogP contribution in [0.3, 0.4) is 0 Å². The number of carbonyl (C=O) groups is 4. The molecule has 22 nitrogen and oxygen atoms in total. The molecule has 2 N–H and O–H groups in total. The maximum Gasteiger partial charge on any atom is 0.410 e. The van der Waals surface area contributed by atoms with E-state index in [9.17, 15) is 24.6 Å². The standard InChI is InChI=1S/C57H79N11O11/c1-11-47-57(8)51(67(55(74)79-57)24-13-12-23-65-32-45(59-34-65)41-15-14-22-58-29-41)37(4)48(70)35(2)28-56(7,75-10)52(38(5)49(71)39(6)53(73)77-47)78-54-50(72)46(27-36(3)76-54)64(9)25-21-42-30-66(62-60-42)26-20-40-16-18-44(19-17-40)68-31-43(33-69)61-63-68/h14-19,22,29-32,34-39,46-47,50-52,54,69,72H,11-13,20-21,23-28,33H2,1-10H3/t35-,36-,37+,38+,39-,46+,47-,50-,51+,52-,54+,56-,57-/m1/s1. The topological polar surface area (TPSA) is 253 Å². The molecular weight excluding hydrogens is 1010 g/mol. The second-order valence-corrected chi connectivity index (χ2v) is 22.3. The van der Waals surface area contributed by atoms with E-state index < -0.39 is 89.4 Å². The minimum Gasteiger partial charge on any atom is -0.458 e. The summed E-state index contributed by atoms with van der Waals surface area (Å²) in [6, 6.07) is 10.5. The second kappa shape index (κ2) is 25.4. The lowest BCUT2D eigenvalue weighted by molar-refractivity contribution is -0.296. The molecule has 3 fully saturated rings. The Hall–Kier alpha value is -6.30. The van der Waals surface area contributed by atoms with E-state index in [1.54, 1.807) is 62.2 Å². The van der Waals surface area contributed by atoms with Crippen molar-refractivity contribution in [3.63, 3.8) is 0 Å². The third kappa shape index (κ3) is 13.2. The van der Waals surface area contributed by atoms with Gasteiger partial charge in [-0.15, -0.1) is 10.2 Å². The van der Waals surface area contributed by atoms with Crippen molar-refractivity contribution in [2.24, 2.45) is 23.7 Å². The molecule has 0 unspecified atom stereocenters. The first-order valence-electron chi connectivity index (χ1n) is 27.7. The lowest BCUT2D eigenvalue weighted by Gasteiger charge is -2.47. The molecule has 4 aromatic heterocycles. The number of esters is 1. The van der Waals surface area contributed by atoms with Gasteiger partial charge in [-0.05, 0) is 103 Å². The predicted molar refractivity (Wildman–Crippen MR) is 288 cm³/mol. The third-order valence-corrected chi connectivity index (χ3v) is 16.6. The molecule has 3 aliphatic heterocycles. The van der Waals surface area contributed by atoms with Gasteiger partial charge in [0.05, 0.1) is 60.1 Å². The van der Waals surface area contributed by atoms with Gasteiger partial charge in [-0.2, -0.15) is 0 Å². The highest BCUT2D eigenvalue weighted by Crippen LogP contribution is 2.43. The number of methoxy groups -OCH3 is 1. The number of carbonyl (C=O) groups excluding carboxylic acids is 4. The Morgan fingerprint density at radius 1 is 0.886 bits per heavy atom. The van der Waals surface area contributed by atoms with Gasteiger partial charge in [0.15, 0.2) is 17.7 Å². The van der Waals surface area contributed by atoms with Crippen molar-refractivity contribution in [3.05, 3.63) is 90.7 Å². The van der Waals surface area contributed by atoms with Crippen LogP contribution in [0.4, 0.5) is 4.79 Å². The van der Waals surface area contributed by atoms with Crippen LogP contribution in [0.15, 0.2) is 73.7 Å². The molecule has 3 aliphatic rings. The molecule has 0 radical (unpaired) electrons. The number of hydrogen-bond acceptors (Lipinski definition) is 18. The summed E-state index contributed by atoms with van der Waals surface area (Å²) in [6.07, 6.45) is 8.65. The van der Waals surface area contributed by atoms with Crippen molar-refractivity contribution in [1.82, 2.24) is 54.3 Å². The van der Waals surface area contributed by atoms with Crippen LogP contribution in [0.25, 0.3) is 16.9 Å². The van der Waals surface area contributed by atoms with Crippen LogP contribution >= 0.6 is 0 Å². The van der Waals surface area contributed by atoms with Gasteiger partial charge in [-0.3, -0.25) is 24.0 Å². The number of benzene rings is 1. The van der Waals surface area contributed by atoms with Crippen LogP contribution in [0.5, 0.6) is 0 Å². The van der Waals surface area contributed by atoms with Crippen molar-refractivity contribution in [1.29, 1.82) is 0 Å². The summed E-state index contributed by atoms with van der Waals surface area (Å²) in [7, 11) is 3.42. The predicted octanol–water partition coefficient (Wildman–Crippen LogP) is 5.45. The van der Waals surface area contributed by atoms with Gasteiger partial charge in [0.1, 0.15) is 29.6 Å². The molecule has 8 rings (SSSR count). The number of unbranched alkanes of at least 4 members (excludes halogenated alkanes) is 1. The fourth-order valence-corrected chi connectivity index (χ4v) is 11.9. The zero-order valence-corrected chi connectivity index (χ0v) is 47.3. The van der Waals surface area contributed by atoms with E-state index in [1.165, 1.54) is 14.0 Å². The number of aryl methyl sites for hydroxylation is 3. The van der Waals surface area contributed by atoms with Gasteiger partial charge in [0.25, 0.3) is 0 Å². The number of aliphatic hydroxyl groups is 2. The number of fused-ring (bicyclic) bond motifs is 1. The quantitative estimate of drug-likeness (QED) is 0.0592. The van der Waals surface area contributed by atoms with E-state index in [1.807, 2.05) is 85.9 Å². The van der Waals surface area contributed by atoms with Crippen molar-refractivity contribution in [3.8, 4) is 16.9 Å². The van der Waals surface area contributed by atoms with E-state index in [0.717, 1.165) is 34.6 Å². The largest absolute Gasteiger partial charge is 0.458 e. The molecule has 0 bridgehead atoms. The van der Waals surface area contributed by atoms with Gasteiger partial charge >= 0.3 is 12.1 Å². The molecule has 22 heteroatoms. The Morgan fingerprint density at radius 3 is 2.33 bits per heavy atom. The lowest BCUT2D eigenvalue weighted by atomic mass is 9.73. The van der Waals surface area contributed by atoms with Crippen LogP contribution in [0.2, 0.25) is 0 Å². The number of nitrogens with zero attached hydrogens (tertiary/aromatic N) is 11. The highest BCUT2D eigenvalue weighted by atomic mass is 16.7. The number of ketones is 2. The number of rotatable bonds is 19. The monoisotopic (exact) mass is 1090 g/mol. The van der Waals surface area contributed by atoms with Crippen molar-refractivity contribution < 1.29 is 53.1 Å². The average Bonchev–Trinajstić information content (AvgIpc) is 4.51. The second-order valence-electron chi connectivity index (χ2n) is 22.3. The molecule has 0 spiro atoms. The van der Waals surface area contributed by atoms with E-state index in [4.69, 9.17) is 23.7 Å². The summed E-state index contributed by atoms with van der Waals surface area (Å²) in [5.41, 5.74) is 2.15. The van der Waals surface area contributed by atoms with E-state index >= 15 is 4.79 Å². The van der Waals surface area contributed by atoms with Crippen LogP contribution in [-0.2, 0) is 70.6 Å². The molecule has 5 aromatic rings. The highest BCUT2D eigenvalue weighted by molar-refractivity contribution is 6.00. The maximum absolute atomic E-state index is 15.0. The molecule has 0 saturated carbocycles. The summed E-state index contributed by atoms with van der Waals surface area (Å²) >= 11 is 0. The Morgan fingerprint density at radius 2 is 1.63 bits per heavy atom. The number of likely N-dealkylation sites (N-methyl/N-ethyl adjacent to an activating group) is 1. The first kappa shape index (κ1) is 58.8. The number of cyclic esters (lactones) is 1. The molecule has 79 heavy (non-hydrogen) atoms. The molecule has 0 aliphatic carbocycles. The fourth-order valence-electron chi connectivity index (χ4n) is 11.9. The van der Waals surface area contributed by atoms with Gasteiger partial charge in [-0.1, -0.05) is 50.3 Å². The summed E-state index contributed by atoms with van der Waals surface area (Å²) in [4.78, 5) is 70.4. The van der Waals surface area contributed by atoms with Crippen LogP contribution in [0.1, 0.15) is 104 Å². The number of amides is 1. The van der Waals surface area contributed by atoms with Crippen molar-refractivity contribution >= 4 is 23.6 Å². The Bertz CT molecular complexity index is 2840. The Kier molecular flexibility index (Phi) is 18.9. The van der Waals surface area contributed by atoms with E-state index in [2.05, 4.69) is 35.5 Å². The summed E-state index contributed by atoms with van der Waals surface area (Å²) in [6.45, 7) is 15.8. The third-order valence-electron chi connectivity index (χ3n) is 16.6. The van der Waals surface area contributed by atoms with E-state index in [-0.39, 0.29) is 37.9 Å². The van der Waals surface area contributed by atoms with Crippen molar-refractivity contribution in [2.75, 3.05) is 27.2 Å². The molecular formula is C57H79N11O11. The Balaban J connectivity index is 0.941. The number of Topliss-reactive ketones (excluding diaryl/α,β-unsaturated/α-hetero) is 2. The SMILES string of the molecule is CC[C@H]1OC(=O)[C@H](C)C(=O)[C@H](C)[C@@H](O[C@@H]2O[C@H](C)C[C@H](N(C)CCc3cn(CCc4ccc(-n5cc(CO)nn5)cc4)nn3)[C@H]2O)[C@](C)(OC)C[C@@H](C)C(=O)[C@H](C)[C@@H]2N(CCCCn3cnc(-c4cccnc4)c3)C(=O)O[C@@]21C. The number of imidazole rings is 1. The summed E-state index contributed by atoms with van der Waals surface area (Å²) in [5, 5.41) is 38.3. The number of pyridine rings is 1. The van der Waals surface area contributed by atoms with Crippen LogP contribution in [0, 0.1) is 23.7 Å². The summed E-state index contributed by atoms with van der Waals surface area (Å²) in [5.74, 6) is -5.25. The van der Waals surface area contributed by atoms with Gasteiger partial charge in [0, 0.05) is 93.9 Å². The molecule has 1 aromatic carbocycles. The molecule has 3 saturated heterocycles. The molecule has 428 valence electrons. The molecule has 13 atom stereocenters. The van der Waals surface area contributed by atoms with Crippen LogP contribution in [-0.4, -0.2) is 169 Å². The Labute approximate surface area is 462 Å². The fraction of sp³-hybridized carbons (Fsp3) is 0.614. The minimum absolute atomic E-state index is 0.0840. The van der Waals surface area contributed by atoms with Gasteiger partial charge < -0.3 is 48.3 Å². The molecule has 7 heterocycles. The molecule has 1 amide bonds. The minimum atomic E-state index is -1.44. The van der Waals surface area contributed by atoms with Crippen molar-refractivity contribution in [2.45, 2.75) is 174 Å². The zero-order chi connectivity index (χ0) is 56.8. The lowest BCUT2D eigenvalue weighted by Crippen LogP contribution is -2.60. The van der Waals surface area contributed by atoms with Gasteiger partial charge in [-0.25, -0.2) is 14.5 Å². The normalized spacial score (nSPS) is 30.1. The maximum atomic E-state index is 15.0. The highest BCUT2D eigenvalue weighted by Gasteiger charge is 2.60. The van der Waals surface area contributed by atoms with Crippen LogP contribution < -0.4 is 0 Å². The number of hydrogen-bond donors (Lipinski definition) is 2. The smallest absolute Gasteiger partial charge is 0.410 e.